The zero-order chi connectivity index (χ0) is 37.2. The third kappa shape index (κ3) is 15.9. The Hall–Kier alpha value is -3.90. The summed E-state index contributed by atoms with van der Waals surface area (Å²) in [4.78, 5) is 44.7. The van der Waals surface area contributed by atoms with Crippen molar-refractivity contribution >= 4 is 36.2 Å². The van der Waals surface area contributed by atoms with E-state index in [1.54, 1.807) is 51.5 Å². The SMILES string of the molecule is CNC(=O)c1cc[c-]c(/C=C/C2=CCC2)c1.CNC(=O)c1ccc(C)c(/C=C/C2=CCC2)c1.CNC(=O)c1ccc(C)c(C=O)c1.[CH2-]C1=CCC1.[W].[Y]. The molecule has 3 aliphatic rings. The van der Waals surface area contributed by atoms with Crippen LogP contribution in [0.4, 0.5) is 0 Å². The predicted molar refractivity (Wildman–Crippen MR) is 209 cm³/mol. The van der Waals surface area contributed by atoms with Crippen molar-refractivity contribution in [3.63, 3.8) is 0 Å². The molecule has 0 aliphatic heterocycles. The van der Waals surface area contributed by atoms with E-state index in [1.807, 2.05) is 37.3 Å². The van der Waals surface area contributed by atoms with Crippen LogP contribution in [0.1, 0.15) is 102 Å². The monoisotopic (exact) mass is 956 g/mol. The molecule has 53 heavy (non-hydrogen) atoms. The zero-order valence-electron chi connectivity index (χ0n) is 31.4. The molecule has 0 heterocycles. The Morgan fingerprint density at radius 2 is 1.06 bits per heavy atom. The van der Waals surface area contributed by atoms with Crippen molar-refractivity contribution in [2.45, 2.75) is 52.4 Å². The Morgan fingerprint density at radius 3 is 1.45 bits per heavy atom. The summed E-state index contributed by atoms with van der Waals surface area (Å²) < 4.78 is 0. The number of aryl methyl sites for hydroxylation is 2. The minimum Gasteiger partial charge on any atom is -0.356 e. The molecule has 0 atom stereocenters. The molecule has 0 unspecified atom stereocenters. The first-order valence-corrected chi connectivity index (χ1v) is 17.2. The summed E-state index contributed by atoms with van der Waals surface area (Å²) >= 11 is 0. The van der Waals surface area contributed by atoms with Crippen molar-refractivity contribution in [2.75, 3.05) is 21.1 Å². The number of hydrogen-bond donors (Lipinski definition) is 3. The van der Waals surface area contributed by atoms with E-state index in [2.05, 4.69) is 72.3 Å². The van der Waals surface area contributed by atoms with Gasteiger partial charge in [-0.3, -0.25) is 19.2 Å². The zero-order valence-corrected chi connectivity index (χ0v) is 37.2. The van der Waals surface area contributed by atoms with Crippen LogP contribution in [0, 0.1) is 26.8 Å². The van der Waals surface area contributed by atoms with Gasteiger partial charge in [0.15, 0.2) is 0 Å². The molecule has 0 saturated carbocycles. The fourth-order valence-electron chi connectivity index (χ4n) is 4.69. The number of aldehydes is 1. The van der Waals surface area contributed by atoms with Crippen LogP contribution >= 0.6 is 0 Å². The average Bonchev–Trinajstić information content (AvgIpc) is 3.10. The minimum absolute atomic E-state index is 0. The van der Waals surface area contributed by atoms with Gasteiger partial charge in [0.1, 0.15) is 6.29 Å². The molecule has 3 N–H and O–H groups in total. The summed E-state index contributed by atoms with van der Waals surface area (Å²) in [6, 6.07) is 19.3. The number of carbonyl (C=O) groups is 4. The van der Waals surface area contributed by atoms with Crippen molar-refractivity contribution in [3.05, 3.63) is 159 Å². The van der Waals surface area contributed by atoms with E-state index >= 15 is 0 Å². The molecule has 6 rings (SSSR count). The molecule has 7 nitrogen and oxygen atoms in total. The summed E-state index contributed by atoms with van der Waals surface area (Å²) in [6.45, 7) is 7.59. The van der Waals surface area contributed by atoms with Crippen molar-refractivity contribution in [3.8, 4) is 0 Å². The van der Waals surface area contributed by atoms with Crippen molar-refractivity contribution in [1.29, 1.82) is 0 Å². The molecular formula is C44H49N3O4WY-2. The fourth-order valence-corrected chi connectivity index (χ4v) is 4.69. The van der Waals surface area contributed by atoms with Gasteiger partial charge in [0, 0.05) is 91.6 Å². The summed E-state index contributed by atoms with van der Waals surface area (Å²) in [5, 5.41) is 7.75. The van der Waals surface area contributed by atoms with Crippen LogP contribution < -0.4 is 16.0 Å². The van der Waals surface area contributed by atoms with Gasteiger partial charge < -0.3 is 16.0 Å². The number of hydrogen-bond acceptors (Lipinski definition) is 4. The van der Waals surface area contributed by atoms with E-state index in [-0.39, 0.29) is 71.5 Å². The number of rotatable bonds is 8. The second kappa shape index (κ2) is 25.2. The predicted octanol–water partition coefficient (Wildman–Crippen LogP) is 8.37. The maximum atomic E-state index is 11.5. The van der Waals surface area contributed by atoms with Crippen LogP contribution in [0.15, 0.2) is 102 Å². The van der Waals surface area contributed by atoms with Crippen LogP contribution in [0.2, 0.25) is 0 Å². The van der Waals surface area contributed by atoms with Gasteiger partial charge in [0.25, 0.3) is 11.8 Å². The van der Waals surface area contributed by atoms with Crippen molar-refractivity contribution in [2.24, 2.45) is 0 Å². The topological polar surface area (TPSA) is 104 Å². The van der Waals surface area contributed by atoms with Gasteiger partial charge in [-0.25, -0.2) is 18.6 Å². The van der Waals surface area contributed by atoms with E-state index in [9.17, 15) is 19.2 Å². The summed E-state index contributed by atoms with van der Waals surface area (Å²) in [6.07, 6.45) is 22.9. The largest absolute Gasteiger partial charge is 0.356 e. The molecule has 0 saturated heterocycles. The smallest absolute Gasteiger partial charge is 0.251 e. The molecular weight excluding hydrogens is 907 g/mol. The maximum absolute atomic E-state index is 11.5. The minimum atomic E-state index is -0.178. The molecule has 0 spiro atoms. The van der Waals surface area contributed by atoms with Gasteiger partial charge >= 0.3 is 0 Å². The molecule has 3 aromatic carbocycles. The summed E-state index contributed by atoms with van der Waals surface area (Å²) in [5.74, 6) is -0.280. The third-order valence-electron chi connectivity index (χ3n) is 8.51. The molecule has 0 fully saturated rings. The Balaban J connectivity index is 0.000000368. The summed E-state index contributed by atoms with van der Waals surface area (Å²) in [5.41, 5.74) is 10.6. The molecule has 0 aromatic heterocycles. The fraction of sp³-hybridized carbons (Fsp3) is 0.250. The third-order valence-corrected chi connectivity index (χ3v) is 8.51. The number of allylic oxidation sites excluding steroid dienone is 8. The van der Waals surface area contributed by atoms with Gasteiger partial charge in [-0.05, 0) is 86.1 Å². The second-order valence-electron chi connectivity index (χ2n) is 12.2. The maximum Gasteiger partial charge on any atom is 0.251 e. The van der Waals surface area contributed by atoms with E-state index < -0.39 is 0 Å². The second-order valence-corrected chi connectivity index (χ2v) is 12.2. The molecule has 3 amide bonds. The first-order chi connectivity index (χ1) is 24.6. The van der Waals surface area contributed by atoms with Gasteiger partial charge in [0.05, 0.1) is 0 Å². The Labute approximate surface area is 355 Å². The van der Waals surface area contributed by atoms with Crippen LogP contribution in [0.25, 0.3) is 12.2 Å². The Kier molecular flexibility index (Phi) is 22.4. The average molecular weight is 957 g/mol. The standard InChI is InChI=1S/C15H17NO.C14H14NO.C10H11NO2.C5H7.W.Y/c1-11-6-8-14(15(17)16-2)10-13(11)9-7-12-4-3-5-12;1-15-14(16)13-7-3-6-12(10-13)9-8-11-4-2-5-11;1-7-3-4-8(10(13)11-2)5-9(7)6-12;1-5-3-2-4-5;;/h4,6-10H,3,5H2,1-2H3,(H,16,17);3-4,7-10H,2,5H2,1H3,(H,15,16);3-6H,1-2H3,(H,11,13);3H,1-2,4H2;;/q;-1;;-1;;/b9-7+;9-8+;;;;. The molecule has 3 aliphatic carbocycles. The number of nitrogens with one attached hydrogen (secondary N) is 3. The molecule has 0 bridgehead atoms. The molecule has 275 valence electrons. The van der Waals surface area contributed by atoms with Crippen LogP contribution in [-0.4, -0.2) is 45.2 Å². The van der Waals surface area contributed by atoms with Crippen molar-refractivity contribution < 1.29 is 73.0 Å². The molecule has 1 radical (unpaired) electrons. The van der Waals surface area contributed by atoms with Crippen LogP contribution in [-0.2, 0) is 53.8 Å². The van der Waals surface area contributed by atoms with Gasteiger partial charge in [0.2, 0.25) is 5.91 Å². The molecule has 3 aromatic rings. The normalized spacial score (nSPS) is 13.2. The summed E-state index contributed by atoms with van der Waals surface area (Å²) in [7, 11) is 4.84. The van der Waals surface area contributed by atoms with E-state index in [0.717, 1.165) is 29.4 Å². The van der Waals surface area contributed by atoms with E-state index in [4.69, 9.17) is 0 Å². The number of carbonyl (C=O) groups excluding carboxylic acids is 4. The van der Waals surface area contributed by atoms with Gasteiger partial charge in [-0.2, -0.15) is 0 Å². The molecule has 9 heteroatoms. The Morgan fingerprint density at radius 1 is 0.642 bits per heavy atom. The van der Waals surface area contributed by atoms with E-state index in [0.29, 0.717) is 22.3 Å². The first kappa shape index (κ1) is 47.1. The van der Waals surface area contributed by atoms with Gasteiger partial charge in [-0.1, -0.05) is 54.0 Å². The number of benzene rings is 3. The van der Waals surface area contributed by atoms with Crippen molar-refractivity contribution in [1.82, 2.24) is 16.0 Å². The van der Waals surface area contributed by atoms with E-state index in [1.165, 1.54) is 54.4 Å². The van der Waals surface area contributed by atoms with Gasteiger partial charge in [-0.15, -0.1) is 48.4 Å². The number of amides is 3. The van der Waals surface area contributed by atoms with Crippen LogP contribution in [0.3, 0.4) is 0 Å². The quantitative estimate of drug-likeness (QED) is 0.156. The Bertz CT molecular complexity index is 1870. The van der Waals surface area contributed by atoms with Crippen LogP contribution in [0.5, 0.6) is 0 Å². The first-order valence-electron chi connectivity index (χ1n) is 17.2.